The molecule has 20 heavy (non-hydrogen) atoms. The molecule has 2 rings (SSSR count). The summed E-state index contributed by atoms with van der Waals surface area (Å²) < 4.78 is 27.5. The zero-order valence-corrected chi connectivity index (χ0v) is 13.8. The summed E-state index contributed by atoms with van der Waals surface area (Å²) in [6.45, 7) is 0.256. The summed E-state index contributed by atoms with van der Waals surface area (Å²) >= 11 is 4.83. The lowest BCUT2D eigenvalue weighted by atomic mass is 10.2. The van der Waals surface area contributed by atoms with E-state index in [9.17, 15) is 8.42 Å². The maximum Gasteiger partial charge on any atom is 0.216 e. The minimum absolute atomic E-state index is 0.0431. The molecule has 1 aromatic carbocycles. The van der Waals surface area contributed by atoms with Gasteiger partial charge in [-0.15, -0.1) is 11.3 Å². The largest absolute Gasteiger partial charge is 0.392 e. The van der Waals surface area contributed by atoms with Crippen LogP contribution >= 0.6 is 27.3 Å². The van der Waals surface area contributed by atoms with Crippen LogP contribution in [-0.2, 0) is 28.9 Å². The summed E-state index contributed by atoms with van der Waals surface area (Å²) in [6, 6.07) is 8.77. The molecule has 1 heterocycles. The van der Waals surface area contributed by atoms with E-state index in [2.05, 4.69) is 20.7 Å². The lowest BCUT2D eigenvalue weighted by molar-refractivity contribution is 0.282. The van der Waals surface area contributed by atoms with Gasteiger partial charge in [0.05, 0.1) is 12.4 Å². The fourth-order valence-electron chi connectivity index (χ4n) is 1.64. The molecule has 2 aromatic rings. The van der Waals surface area contributed by atoms with Crippen molar-refractivity contribution in [2.75, 3.05) is 0 Å². The predicted molar refractivity (Wildman–Crippen MR) is 83.8 cm³/mol. The first-order chi connectivity index (χ1) is 9.48. The van der Waals surface area contributed by atoms with Gasteiger partial charge in [-0.05, 0) is 33.1 Å². The lowest BCUT2D eigenvalue weighted by Gasteiger charge is -2.06. The van der Waals surface area contributed by atoms with E-state index in [4.69, 9.17) is 5.11 Å². The molecule has 0 aliphatic heterocycles. The number of rotatable bonds is 6. The van der Waals surface area contributed by atoms with Crippen LogP contribution in [0.4, 0.5) is 0 Å². The molecule has 0 aliphatic carbocycles. The number of hydrogen-bond acceptors (Lipinski definition) is 4. The molecular weight excluding hydrogens is 362 g/mol. The zero-order valence-electron chi connectivity index (χ0n) is 10.5. The summed E-state index contributed by atoms with van der Waals surface area (Å²) in [4.78, 5) is 0.955. The fraction of sp³-hybridized carbons (Fsp3) is 0.231. The van der Waals surface area contributed by atoms with Crippen molar-refractivity contribution in [2.45, 2.75) is 18.9 Å². The van der Waals surface area contributed by atoms with Crippen molar-refractivity contribution in [3.8, 4) is 0 Å². The molecule has 0 radical (unpaired) electrons. The van der Waals surface area contributed by atoms with Gasteiger partial charge in [0.2, 0.25) is 10.0 Å². The maximum absolute atomic E-state index is 12.0. The monoisotopic (exact) mass is 375 g/mol. The fourth-order valence-corrected chi connectivity index (χ4v) is 4.23. The summed E-state index contributed by atoms with van der Waals surface area (Å²) in [5.74, 6) is -0.0642. The molecule has 0 saturated carbocycles. The molecule has 1 aromatic heterocycles. The Bertz CT molecular complexity index is 665. The summed E-state index contributed by atoms with van der Waals surface area (Å²) in [5, 5.41) is 10.9. The van der Waals surface area contributed by atoms with Crippen LogP contribution in [0.3, 0.4) is 0 Å². The van der Waals surface area contributed by atoms with Crippen molar-refractivity contribution in [3.05, 3.63) is 56.2 Å². The molecule has 2 N–H and O–H groups in total. The smallest absolute Gasteiger partial charge is 0.216 e. The van der Waals surface area contributed by atoms with Gasteiger partial charge in [0.1, 0.15) is 0 Å². The van der Waals surface area contributed by atoms with Gasteiger partial charge in [0, 0.05) is 21.3 Å². The average Bonchev–Trinajstić information content (AvgIpc) is 2.83. The first kappa shape index (κ1) is 15.7. The normalized spacial score (nSPS) is 11.7. The Morgan fingerprint density at radius 1 is 1.20 bits per heavy atom. The van der Waals surface area contributed by atoms with Gasteiger partial charge in [-0.25, -0.2) is 13.1 Å². The second kappa shape index (κ2) is 6.82. The number of thiophene rings is 1. The van der Waals surface area contributed by atoms with Crippen LogP contribution < -0.4 is 4.72 Å². The molecule has 0 aliphatic rings. The minimum atomic E-state index is -3.36. The lowest BCUT2D eigenvalue weighted by Crippen LogP contribution is -2.24. The minimum Gasteiger partial charge on any atom is -0.392 e. The van der Waals surface area contributed by atoms with E-state index in [1.54, 1.807) is 24.3 Å². The predicted octanol–water partition coefficient (Wildman–Crippen LogP) is 2.62. The Labute approximate surface area is 130 Å². The number of benzene rings is 1. The van der Waals surface area contributed by atoms with Crippen LogP contribution in [0.15, 0.2) is 40.2 Å². The first-order valence-corrected chi connectivity index (χ1v) is 9.20. The Hall–Kier alpha value is -0.730. The highest BCUT2D eigenvalue weighted by atomic mass is 79.9. The van der Waals surface area contributed by atoms with Crippen LogP contribution in [0, 0.1) is 0 Å². The van der Waals surface area contributed by atoms with E-state index in [0.717, 1.165) is 14.9 Å². The van der Waals surface area contributed by atoms with Crippen LogP contribution in [0.25, 0.3) is 0 Å². The van der Waals surface area contributed by atoms with Gasteiger partial charge in [0.15, 0.2) is 0 Å². The third-order valence-corrected chi connectivity index (χ3v) is 5.65. The third kappa shape index (κ3) is 4.68. The van der Waals surface area contributed by atoms with Gasteiger partial charge in [-0.3, -0.25) is 0 Å². The van der Waals surface area contributed by atoms with E-state index in [1.807, 2.05) is 11.4 Å². The summed E-state index contributed by atoms with van der Waals surface area (Å²) in [6.07, 6.45) is 0. The summed E-state index contributed by atoms with van der Waals surface area (Å²) in [5.41, 5.74) is 1.46. The molecular formula is C13H14BrNO3S2. The molecule has 0 atom stereocenters. The van der Waals surface area contributed by atoms with Gasteiger partial charge < -0.3 is 5.11 Å². The Kier molecular flexibility index (Phi) is 5.34. The van der Waals surface area contributed by atoms with E-state index < -0.39 is 10.0 Å². The third-order valence-electron chi connectivity index (χ3n) is 2.65. The maximum atomic E-state index is 12.0. The molecule has 0 bridgehead atoms. The van der Waals surface area contributed by atoms with Crippen LogP contribution in [0.5, 0.6) is 0 Å². The number of aliphatic hydroxyl groups is 1. The van der Waals surface area contributed by atoms with Crippen molar-refractivity contribution in [3.63, 3.8) is 0 Å². The number of halogens is 1. The van der Waals surface area contributed by atoms with E-state index in [1.165, 1.54) is 11.3 Å². The Morgan fingerprint density at radius 3 is 2.40 bits per heavy atom. The molecule has 0 spiro atoms. The van der Waals surface area contributed by atoms with Crippen molar-refractivity contribution < 1.29 is 13.5 Å². The van der Waals surface area contributed by atoms with Gasteiger partial charge in [-0.1, -0.05) is 24.3 Å². The van der Waals surface area contributed by atoms with Crippen molar-refractivity contribution in [1.29, 1.82) is 0 Å². The molecule has 4 nitrogen and oxygen atoms in total. The van der Waals surface area contributed by atoms with E-state index >= 15 is 0 Å². The Morgan fingerprint density at radius 2 is 1.85 bits per heavy atom. The highest BCUT2D eigenvalue weighted by Gasteiger charge is 2.12. The van der Waals surface area contributed by atoms with E-state index in [0.29, 0.717) is 12.1 Å². The molecule has 7 heteroatoms. The zero-order chi connectivity index (χ0) is 14.6. The van der Waals surface area contributed by atoms with Crippen molar-refractivity contribution in [2.24, 2.45) is 0 Å². The molecule has 0 saturated heterocycles. The topological polar surface area (TPSA) is 66.4 Å². The van der Waals surface area contributed by atoms with Gasteiger partial charge in [-0.2, -0.15) is 0 Å². The average molecular weight is 376 g/mol. The molecule has 0 amide bonds. The molecule has 0 fully saturated rings. The highest BCUT2D eigenvalue weighted by molar-refractivity contribution is 9.10. The van der Waals surface area contributed by atoms with Gasteiger partial charge in [0.25, 0.3) is 0 Å². The molecule has 108 valence electrons. The summed E-state index contributed by atoms with van der Waals surface area (Å²) in [7, 11) is -3.36. The van der Waals surface area contributed by atoms with Crippen LogP contribution in [0.1, 0.15) is 16.0 Å². The van der Waals surface area contributed by atoms with E-state index in [-0.39, 0.29) is 12.4 Å². The van der Waals surface area contributed by atoms with Crippen molar-refractivity contribution in [1.82, 2.24) is 4.72 Å². The second-order valence-corrected chi connectivity index (χ2v) is 8.00. The van der Waals surface area contributed by atoms with Crippen LogP contribution in [0.2, 0.25) is 0 Å². The quantitative estimate of drug-likeness (QED) is 0.815. The highest BCUT2D eigenvalue weighted by Crippen LogP contribution is 2.19. The molecule has 0 unspecified atom stereocenters. The number of sulfonamides is 1. The second-order valence-electron chi connectivity index (χ2n) is 4.29. The van der Waals surface area contributed by atoms with Gasteiger partial charge >= 0.3 is 0 Å². The number of hydrogen-bond donors (Lipinski definition) is 2. The standard InChI is InChI=1S/C13H14BrNO3S2/c14-12-5-13(19-8-12)6-15-20(17,18)9-11-3-1-10(7-16)2-4-11/h1-5,8,15-16H,6-7,9H2. The van der Waals surface area contributed by atoms with Crippen molar-refractivity contribution >= 4 is 37.3 Å². The number of nitrogens with one attached hydrogen (secondary N) is 1. The Balaban J connectivity index is 1.96. The van der Waals surface area contributed by atoms with Crippen LogP contribution in [-0.4, -0.2) is 13.5 Å². The first-order valence-electron chi connectivity index (χ1n) is 5.87. The SMILES string of the molecule is O=S(=O)(Cc1ccc(CO)cc1)NCc1cc(Br)cs1. The number of aliphatic hydroxyl groups excluding tert-OH is 1.